The highest BCUT2D eigenvalue weighted by molar-refractivity contribution is 9.10. The maximum atomic E-state index is 6.33. The molecule has 2 nitrogen and oxygen atoms in total. The minimum absolute atomic E-state index is 0.426. The van der Waals surface area contributed by atoms with Gasteiger partial charge in [0, 0.05) is 38.2 Å². The van der Waals surface area contributed by atoms with Crippen LogP contribution < -0.4 is 10.1 Å². The van der Waals surface area contributed by atoms with Crippen LogP contribution in [0, 0.1) is 23.2 Å². The molecule has 0 aromatic heterocycles. The molecule has 1 atom stereocenters. The smallest absolute Gasteiger partial charge is 0.124 e. The predicted octanol–water partition coefficient (Wildman–Crippen LogP) is 8.03. The monoisotopic (exact) mass is 521 g/mol. The Morgan fingerprint density at radius 1 is 1.00 bits per heavy atom. The van der Waals surface area contributed by atoms with Crippen molar-refractivity contribution in [2.45, 2.75) is 64.6 Å². The van der Waals surface area contributed by atoms with E-state index in [1.807, 2.05) is 24.3 Å². The second-order valence-corrected chi connectivity index (χ2v) is 11.9. The molecule has 31 heavy (non-hydrogen) atoms. The molecule has 4 fully saturated rings. The molecule has 4 aliphatic carbocycles. The van der Waals surface area contributed by atoms with Crippen molar-refractivity contribution in [3.63, 3.8) is 0 Å². The minimum atomic E-state index is 0.426. The number of halogens is 3. The lowest BCUT2D eigenvalue weighted by Gasteiger charge is -2.59. The van der Waals surface area contributed by atoms with Gasteiger partial charge in [-0.1, -0.05) is 45.2 Å². The van der Waals surface area contributed by atoms with E-state index in [0.717, 1.165) is 40.1 Å². The Labute approximate surface area is 204 Å². The largest absolute Gasteiger partial charge is 0.489 e. The van der Waals surface area contributed by atoms with E-state index in [-0.39, 0.29) is 0 Å². The number of rotatable bonds is 7. The molecular weight excluding hydrogens is 493 g/mol. The third-order valence-corrected chi connectivity index (χ3v) is 9.10. The van der Waals surface area contributed by atoms with E-state index in [1.165, 1.54) is 44.1 Å². The summed E-state index contributed by atoms with van der Waals surface area (Å²) in [6.07, 6.45) is 8.73. The van der Waals surface area contributed by atoms with Crippen LogP contribution in [-0.4, -0.2) is 6.04 Å². The van der Waals surface area contributed by atoms with E-state index in [0.29, 0.717) is 28.1 Å². The van der Waals surface area contributed by atoms with Gasteiger partial charge in [-0.25, -0.2) is 0 Å². The number of ether oxygens (including phenoxy) is 1. The quantitative estimate of drug-likeness (QED) is 0.397. The van der Waals surface area contributed by atoms with Gasteiger partial charge >= 0.3 is 0 Å². The van der Waals surface area contributed by atoms with Crippen LogP contribution >= 0.6 is 39.1 Å². The van der Waals surface area contributed by atoms with Crippen LogP contribution in [0.5, 0.6) is 5.75 Å². The first kappa shape index (κ1) is 22.1. The molecule has 4 aliphatic rings. The number of nitrogens with one attached hydrogen (secondary N) is 1. The summed E-state index contributed by atoms with van der Waals surface area (Å²) in [5, 5.41) is 5.17. The van der Waals surface area contributed by atoms with Crippen molar-refractivity contribution in [1.29, 1.82) is 0 Å². The molecule has 0 radical (unpaired) electrons. The second kappa shape index (κ2) is 8.89. The Kier molecular flexibility index (Phi) is 6.33. The first-order valence-corrected chi connectivity index (χ1v) is 13.0. The molecular formula is C26H30BrCl2NO. The van der Waals surface area contributed by atoms with Gasteiger partial charge in [0.25, 0.3) is 0 Å². The molecule has 2 aromatic carbocycles. The van der Waals surface area contributed by atoms with Crippen molar-refractivity contribution in [2.75, 3.05) is 0 Å². The van der Waals surface area contributed by atoms with Crippen molar-refractivity contribution < 1.29 is 4.74 Å². The van der Waals surface area contributed by atoms with Gasteiger partial charge in [-0.3, -0.25) is 0 Å². The summed E-state index contributed by atoms with van der Waals surface area (Å²) in [6.45, 7) is 3.65. The van der Waals surface area contributed by atoms with Gasteiger partial charge in [0.1, 0.15) is 12.4 Å². The average Bonchev–Trinajstić information content (AvgIpc) is 2.71. The molecule has 4 saturated carbocycles. The number of hydrogen-bond donors (Lipinski definition) is 1. The van der Waals surface area contributed by atoms with Gasteiger partial charge in [-0.15, -0.1) is 0 Å². The lowest BCUT2D eigenvalue weighted by Crippen LogP contribution is -2.54. The van der Waals surface area contributed by atoms with Crippen molar-refractivity contribution in [1.82, 2.24) is 5.32 Å². The van der Waals surface area contributed by atoms with Crippen LogP contribution in [0.1, 0.15) is 56.6 Å². The zero-order valence-electron chi connectivity index (χ0n) is 18.0. The number of hydrogen-bond acceptors (Lipinski definition) is 2. The summed E-state index contributed by atoms with van der Waals surface area (Å²) in [5.41, 5.74) is 2.62. The average molecular weight is 523 g/mol. The van der Waals surface area contributed by atoms with Crippen LogP contribution in [0.2, 0.25) is 10.0 Å². The molecule has 2 aromatic rings. The fourth-order valence-corrected chi connectivity index (χ4v) is 7.68. The van der Waals surface area contributed by atoms with Crippen LogP contribution in [-0.2, 0) is 13.2 Å². The number of benzene rings is 2. The van der Waals surface area contributed by atoms with Gasteiger partial charge in [0.2, 0.25) is 0 Å². The maximum Gasteiger partial charge on any atom is 0.124 e. The normalized spacial score (nSPS) is 29.9. The molecule has 4 bridgehead atoms. The highest BCUT2D eigenvalue weighted by Crippen LogP contribution is 2.61. The van der Waals surface area contributed by atoms with Gasteiger partial charge in [-0.2, -0.15) is 0 Å². The second-order valence-electron chi connectivity index (χ2n) is 10.2. The Morgan fingerprint density at radius 3 is 2.32 bits per heavy atom. The summed E-state index contributed by atoms with van der Waals surface area (Å²) in [6, 6.07) is 12.3. The fourth-order valence-electron chi connectivity index (χ4n) is 6.81. The lowest BCUT2D eigenvalue weighted by molar-refractivity contribution is -0.0706. The van der Waals surface area contributed by atoms with E-state index in [9.17, 15) is 0 Å². The molecule has 0 saturated heterocycles. The topological polar surface area (TPSA) is 21.3 Å². The summed E-state index contributed by atoms with van der Waals surface area (Å²) in [7, 11) is 0. The Morgan fingerprint density at radius 2 is 1.68 bits per heavy atom. The zero-order valence-corrected chi connectivity index (χ0v) is 21.1. The third-order valence-electron chi connectivity index (χ3n) is 8.02. The highest BCUT2D eigenvalue weighted by Gasteiger charge is 2.52. The van der Waals surface area contributed by atoms with Crippen molar-refractivity contribution in [2.24, 2.45) is 23.2 Å². The molecule has 1 N–H and O–H groups in total. The standard InChI is InChI=1S/C26H30BrCl2NO/c1-16(26-11-17-6-18(12-26)8-19(7-17)13-26)30-14-21-9-22(27)3-5-25(21)31-15-20-2-4-23(28)10-24(20)29/h2-5,9-10,16-19,30H,6-8,11-15H2,1H3/t16-,17?,18?,19?,26?/m1/s1. The lowest BCUT2D eigenvalue weighted by atomic mass is 9.48. The molecule has 166 valence electrons. The first-order valence-electron chi connectivity index (χ1n) is 11.5. The summed E-state index contributed by atoms with van der Waals surface area (Å²) in [5.74, 6) is 3.83. The predicted molar refractivity (Wildman–Crippen MR) is 132 cm³/mol. The summed E-state index contributed by atoms with van der Waals surface area (Å²) in [4.78, 5) is 0. The van der Waals surface area contributed by atoms with Crippen LogP contribution in [0.15, 0.2) is 40.9 Å². The zero-order chi connectivity index (χ0) is 21.6. The van der Waals surface area contributed by atoms with Gasteiger partial charge in [0.05, 0.1) is 0 Å². The van der Waals surface area contributed by atoms with Crippen molar-refractivity contribution in [3.05, 3.63) is 62.0 Å². The van der Waals surface area contributed by atoms with Gasteiger partial charge < -0.3 is 10.1 Å². The Balaban J connectivity index is 1.26. The summed E-state index contributed by atoms with van der Waals surface area (Å²) < 4.78 is 7.26. The van der Waals surface area contributed by atoms with Crippen LogP contribution in [0.25, 0.3) is 0 Å². The highest BCUT2D eigenvalue weighted by atomic mass is 79.9. The molecule has 5 heteroatoms. The SMILES string of the molecule is C[C@@H](NCc1cc(Br)ccc1OCc1ccc(Cl)cc1Cl)C12CC3CC(CC(C3)C1)C2. The maximum absolute atomic E-state index is 6.33. The molecule has 0 amide bonds. The first-order chi connectivity index (χ1) is 14.9. The van der Waals surface area contributed by atoms with E-state index in [2.05, 4.69) is 34.2 Å². The van der Waals surface area contributed by atoms with E-state index < -0.39 is 0 Å². The summed E-state index contributed by atoms with van der Waals surface area (Å²) >= 11 is 16.0. The molecule has 0 unspecified atom stereocenters. The van der Waals surface area contributed by atoms with Crippen molar-refractivity contribution >= 4 is 39.1 Å². The van der Waals surface area contributed by atoms with Crippen molar-refractivity contribution in [3.8, 4) is 5.75 Å². The Hall–Kier alpha value is -0.740. The van der Waals surface area contributed by atoms with Gasteiger partial charge in [-0.05, 0) is 98.9 Å². The van der Waals surface area contributed by atoms with E-state index in [1.54, 1.807) is 6.07 Å². The fraction of sp³-hybridized carbons (Fsp3) is 0.538. The van der Waals surface area contributed by atoms with E-state index in [4.69, 9.17) is 27.9 Å². The molecule has 0 aliphatic heterocycles. The van der Waals surface area contributed by atoms with Gasteiger partial charge in [0.15, 0.2) is 0 Å². The molecule has 6 rings (SSSR count). The Bertz CT molecular complexity index is 927. The van der Waals surface area contributed by atoms with Crippen LogP contribution in [0.4, 0.5) is 0 Å². The molecule has 0 spiro atoms. The molecule has 0 heterocycles. The third kappa shape index (κ3) is 4.67. The van der Waals surface area contributed by atoms with Crippen LogP contribution in [0.3, 0.4) is 0 Å². The minimum Gasteiger partial charge on any atom is -0.489 e. The van der Waals surface area contributed by atoms with E-state index >= 15 is 0 Å².